The molecule has 0 aromatic heterocycles. The zero-order chi connectivity index (χ0) is 16.4. The van der Waals surface area contributed by atoms with E-state index in [0.717, 1.165) is 84.4 Å². The number of benzene rings is 1. The topological polar surface area (TPSA) is 36.9 Å². The molecule has 0 bridgehead atoms. The van der Waals surface area contributed by atoms with Crippen molar-refractivity contribution < 1.29 is 18.9 Å². The summed E-state index contributed by atoms with van der Waals surface area (Å²) in [5, 5.41) is 0. The van der Waals surface area contributed by atoms with Crippen molar-refractivity contribution in [1.29, 1.82) is 0 Å². The van der Waals surface area contributed by atoms with Gasteiger partial charge in [0.25, 0.3) is 11.6 Å². The number of fused-ring (bicyclic) bond motifs is 2. The Morgan fingerprint density at radius 3 is 1.42 bits per heavy atom. The van der Waals surface area contributed by atoms with E-state index in [-0.39, 0.29) is 0 Å². The Bertz CT molecular complexity index is 587. The molecule has 24 heavy (non-hydrogen) atoms. The number of ether oxygens (including phenoxy) is 4. The minimum absolute atomic E-state index is 0.481. The third kappa shape index (κ3) is 2.09. The van der Waals surface area contributed by atoms with E-state index in [1.165, 1.54) is 12.8 Å². The van der Waals surface area contributed by atoms with E-state index in [9.17, 15) is 0 Å². The SMILES string of the molecule is Cc1c2c(c(Br)c3c1OC1(CCCCC1)O3)OC1(CCCCC1)O2. The summed E-state index contributed by atoms with van der Waals surface area (Å²) in [6, 6.07) is 0. The third-order valence-electron chi connectivity index (χ3n) is 5.88. The van der Waals surface area contributed by atoms with Gasteiger partial charge in [0, 0.05) is 31.2 Å². The smallest absolute Gasteiger partial charge is 0.251 e. The summed E-state index contributed by atoms with van der Waals surface area (Å²) in [5.41, 5.74) is 1.01. The summed E-state index contributed by atoms with van der Waals surface area (Å²) < 4.78 is 26.3. The molecule has 5 heteroatoms. The van der Waals surface area contributed by atoms with Gasteiger partial charge in [-0.3, -0.25) is 0 Å². The van der Waals surface area contributed by atoms with Crippen molar-refractivity contribution in [3.63, 3.8) is 0 Å². The van der Waals surface area contributed by atoms with Crippen molar-refractivity contribution >= 4 is 15.9 Å². The Morgan fingerprint density at radius 1 is 0.625 bits per heavy atom. The van der Waals surface area contributed by atoms with Crippen molar-refractivity contribution in [1.82, 2.24) is 0 Å². The van der Waals surface area contributed by atoms with Crippen LogP contribution in [-0.2, 0) is 0 Å². The zero-order valence-electron chi connectivity index (χ0n) is 14.1. The van der Waals surface area contributed by atoms with E-state index in [1.807, 2.05) is 0 Å². The maximum Gasteiger partial charge on any atom is 0.251 e. The first kappa shape index (κ1) is 15.2. The highest BCUT2D eigenvalue weighted by atomic mass is 79.9. The van der Waals surface area contributed by atoms with Crippen LogP contribution in [0, 0.1) is 6.92 Å². The number of hydrogen-bond donors (Lipinski definition) is 0. The number of hydrogen-bond acceptors (Lipinski definition) is 4. The second-order valence-corrected chi connectivity index (χ2v) is 8.40. The molecular formula is C19H23BrO4. The Balaban J connectivity index is 1.54. The summed E-state index contributed by atoms with van der Waals surface area (Å²) in [4.78, 5) is 0. The monoisotopic (exact) mass is 394 g/mol. The van der Waals surface area contributed by atoms with Gasteiger partial charge in [-0.25, -0.2) is 0 Å². The summed E-state index contributed by atoms with van der Waals surface area (Å²) in [6.07, 6.45) is 10.9. The largest absolute Gasteiger partial charge is 0.448 e. The second-order valence-electron chi connectivity index (χ2n) is 7.61. The Labute approximate surface area is 150 Å². The highest BCUT2D eigenvalue weighted by Crippen LogP contribution is 2.61. The minimum Gasteiger partial charge on any atom is -0.448 e. The van der Waals surface area contributed by atoms with Gasteiger partial charge < -0.3 is 18.9 Å². The molecule has 2 fully saturated rings. The van der Waals surface area contributed by atoms with E-state index in [4.69, 9.17) is 18.9 Å². The average molecular weight is 395 g/mol. The van der Waals surface area contributed by atoms with Gasteiger partial charge in [0.2, 0.25) is 0 Å². The molecule has 0 amide bonds. The van der Waals surface area contributed by atoms with E-state index < -0.39 is 11.6 Å². The van der Waals surface area contributed by atoms with E-state index in [2.05, 4.69) is 22.9 Å². The van der Waals surface area contributed by atoms with Crippen LogP contribution < -0.4 is 18.9 Å². The van der Waals surface area contributed by atoms with Gasteiger partial charge in [0.15, 0.2) is 23.0 Å². The Morgan fingerprint density at radius 2 is 1.00 bits per heavy atom. The molecule has 2 aliphatic heterocycles. The lowest BCUT2D eigenvalue weighted by atomic mass is 9.94. The molecule has 0 saturated heterocycles. The number of halogens is 1. The molecular weight excluding hydrogens is 372 g/mol. The molecule has 2 saturated carbocycles. The summed E-state index contributed by atoms with van der Waals surface area (Å²) in [5.74, 6) is 2.30. The molecule has 4 nitrogen and oxygen atoms in total. The molecule has 1 aromatic carbocycles. The second kappa shape index (κ2) is 5.20. The highest BCUT2D eigenvalue weighted by Gasteiger charge is 2.50. The van der Waals surface area contributed by atoms with Gasteiger partial charge in [-0.1, -0.05) is 12.8 Å². The maximum atomic E-state index is 6.36. The summed E-state index contributed by atoms with van der Waals surface area (Å²) in [6.45, 7) is 2.06. The van der Waals surface area contributed by atoms with Crippen molar-refractivity contribution in [2.24, 2.45) is 0 Å². The standard InChI is InChI=1S/C19H23BrO4/c1-12-14-16(23-18(21-14)8-4-2-5-9-18)13(20)17-15(12)22-19(24-17)10-6-3-7-11-19/h2-11H2,1H3. The first-order valence-corrected chi connectivity index (χ1v) is 10.0. The van der Waals surface area contributed by atoms with E-state index >= 15 is 0 Å². The van der Waals surface area contributed by atoms with Gasteiger partial charge in [-0.05, 0) is 48.5 Å². The molecule has 5 rings (SSSR count). The van der Waals surface area contributed by atoms with Gasteiger partial charge in [0.05, 0.1) is 0 Å². The van der Waals surface area contributed by atoms with Crippen LogP contribution in [0.4, 0.5) is 0 Å². The van der Waals surface area contributed by atoms with Crippen LogP contribution in [0.5, 0.6) is 23.0 Å². The zero-order valence-corrected chi connectivity index (χ0v) is 15.7. The van der Waals surface area contributed by atoms with Crippen molar-refractivity contribution in [2.45, 2.75) is 82.7 Å². The molecule has 2 aliphatic carbocycles. The predicted octanol–water partition coefficient (Wildman–Crippen LogP) is 5.62. The summed E-state index contributed by atoms with van der Waals surface area (Å²) >= 11 is 3.71. The lowest BCUT2D eigenvalue weighted by Crippen LogP contribution is -2.41. The van der Waals surface area contributed by atoms with Crippen molar-refractivity contribution in [3.05, 3.63) is 10.0 Å². The fraction of sp³-hybridized carbons (Fsp3) is 0.684. The fourth-order valence-electron chi connectivity index (χ4n) is 4.55. The van der Waals surface area contributed by atoms with Crippen LogP contribution >= 0.6 is 15.9 Å². The molecule has 4 aliphatic rings. The fourth-order valence-corrected chi connectivity index (χ4v) is 5.07. The van der Waals surface area contributed by atoms with Crippen molar-refractivity contribution in [3.8, 4) is 23.0 Å². The lowest BCUT2D eigenvalue weighted by Gasteiger charge is -2.32. The first-order chi connectivity index (χ1) is 11.6. The molecule has 0 radical (unpaired) electrons. The molecule has 2 spiro atoms. The molecule has 130 valence electrons. The normalized spacial score (nSPS) is 25.4. The maximum absolute atomic E-state index is 6.36. The van der Waals surface area contributed by atoms with Gasteiger partial charge in [-0.15, -0.1) is 0 Å². The minimum atomic E-state index is -0.481. The van der Waals surface area contributed by atoms with Crippen LogP contribution in [0.1, 0.15) is 69.8 Å². The van der Waals surface area contributed by atoms with Crippen LogP contribution in [0.25, 0.3) is 0 Å². The van der Waals surface area contributed by atoms with Crippen LogP contribution in [0.2, 0.25) is 0 Å². The molecule has 0 N–H and O–H groups in total. The molecule has 2 heterocycles. The molecule has 0 unspecified atom stereocenters. The molecule has 1 aromatic rings. The van der Waals surface area contributed by atoms with Crippen molar-refractivity contribution in [2.75, 3.05) is 0 Å². The summed E-state index contributed by atoms with van der Waals surface area (Å²) in [7, 11) is 0. The van der Waals surface area contributed by atoms with Gasteiger partial charge >= 0.3 is 0 Å². The first-order valence-electron chi connectivity index (χ1n) is 9.24. The van der Waals surface area contributed by atoms with Crippen LogP contribution in [-0.4, -0.2) is 11.6 Å². The number of rotatable bonds is 0. The predicted molar refractivity (Wildman–Crippen MR) is 93.0 cm³/mol. The van der Waals surface area contributed by atoms with Gasteiger partial charge in [-0.2, -0.15) is 0 Å². The third-order valence-corrected chi connectivity index (χ3v) is 6.60. The van der Waals surface area contributed by atoms with Crippen LogP contribution in [0.3, 0.4) is 0 Å². The lowest BCUT2D eigenvalue weighted by molar-refractivity contribution is -0.110. The van der Waals surface area contributed by atoms with Crippen LogP contribution in [0.15, 0.2) is 4.47 Å². The molecule has 0 atom stereocenters. The van der Waals surface area contributed by atoms with E-state index in [1.54, 1.807) is 0 Å². The average Bonchev–Trinajstić information content (AvgIpc) is 3.14. The Hall–Kier alpha value is -1.10. The quantitative estimate of drug-likeness (QED) is 0.571. The van der Waals surface area contributed by atoms with E-state index in [0.29, 0.717) is 0 Å². The van der Waals surface area contributed by atoms with Gasteiger partial charge in [0.1, 0.15) is 4.47 Å². The Kier molecular flexibility index (Phi) is 3.29. The highest BCUT2D eigenvalue weighted by molar-refractivity contribution is 9.10.